The van der Waals surface area contributed by atoms with Crippen LogP contribution < -0.4 is 0 Å². The SMILES string of the molecule is CCCCC(CC)C(OC=O)OOC(C)(C)C. The summed E-state index contributed by atoms with van der Waals surface area (Å²) in [5.41, 5.74) is -0.409. The van der Waals surface area contributed by atoms with Crippen molar-refractivity contribution in [1.82, 2.24) is 0 Å². The summed E-state index contributed by atoms with van der Waals surface area (Å²) in [4.78, 5) is 20.9. The molecule has 4 heteroatoms. The molecule has 0 rings (SSSR count). The minimum Gasteiger partial charge on any atom is -0.435 e. The number of hydrogen-bond acceptors (Lipinski definition) is 4. The van der Waals surface area contributed by atoms with Crippen molar-refractivity contribution >= 4 is 6.47 Å². The third-order valence-electron chi connectivity index (χ3n) is 2.42. The number of rotatable bonds is 9. The van der Waals surface area contributed by atoms with Crippen LogP contribution in [0.15, 0.2) is 0 Å². The molecule has 0 amide bonds. The molecular formula is C13H26O4. The van der Waals surface area contributed by atoms with Crippen LogP contribution in [0.4, 0.5) is 0 Å². The predicted molar refractivity (Wildman–Crippen MR) is 66.2 cm³/mol. The van der Waals surface area contributed by atoms with E-state index in [2.05, 4.69) is 13.8 Å². The molecule has 0 fully saturated rings. The quantitative estimate of drug-likeness (QED) is 0.270. The van der Waals surface area contributed by atoms with Gasteiger partial charge in [-0.2, -0.15) is 4.89 Å². The summed E-state index contributed by atoms with van der Waals surface area (Å²) < 4.78 is 4.96. The Morgan fingerprint density at radius 1 is 1.24 bits per heavy atom. The van der Waals surface area contributed by atoms with Gasteiger partial charge in [0.05, 0.1) is 5.60 Å². The van der Waals surface area contributed by atoms with Gasteiger partial charge in [0, 0.05) is 5.92 Å². The van der Waals surface area contributed by atoms with Gasteiger partial charge in [0.25, 0.3) is 6.47 Å². The van der Waals surface area contributed by atoms with Gasteiger partial charge in [-0.3, -0.25) is 4.79 Å². The third-order valence-corrected chi connectivity index (χ3v) is 2.42. The van der Waals surface area contributed by atoms with E-state index in [-0.39, 0.29) is 5.92 Å². The van der Waals surface area contributed by atoms with Crippen LogP contribution >= 0.6 is 0 Å². The molecule has 2 atom stereocenters. The zero-order valence-electron chi connectivity index (χ0n) is 11.7. The lowest BCUT2D eigenvalue weighted by molar-refractivity contribution is -0.417. The van der Waals surface area contributed by atoms with Gasteiger partial charge in [0.2, 0.25) is 6.29 Å². The van der Waals surface area contributed by atoms with Gasteiger partial charge in [0.15, 0.2) is 0 Å². The fraction of sp³-hybridized carbons (Fsp3) is 0.923. The molecule has 4 nitrogen and oxygen atoms in total. The third kappa shape index (κ3) is 8.16. The van der Waals surface area contributed by atoms with E-state index in [1.165, 1.54) is 0 Å². The Hall–Kier alpha value is -0.610. The van der Waals surface area contributed by atoms with E-state index in [0.717, 1.165) is 25.7 Å². The molecule has 0 aromatic carbocycles. The summed E-state index contributed by atoms with van der Waals surface area (Å²) in [6.07, 6.45) is 3.47. The second kappa shape index (κ2) is 8.48. The summed E-state index contributed by atoms with van der Waals surface area (Å²) >= 11 is 0. The zero-order valence-corrected chi connectivity index (χ0v) is 11.7. The minimum absolute atomic E-state index is 0.183. The lowest BCUT2D eigenvalue weighted by Gasteiger charge is -2.27. The summed E-state index contributed by atoms with van der Waals surface area (Å²) in [5, 5.41) is 0. The van der Waals surface area contributed by atoms with Crippen LogP contribution in [0.5, 0.6) is 0 Å². The monoisotopic (exact) mass is 246 g/mol. The molecule has 0 aliphatic carbocycles. The summed E-state index contributed by atoms with van der Waals surface area (Å²) in [6, 6.07) is 0. The molecule has 17 heavy (non-hydrogen) atoms. The first kappa shape index (κ1) is 16.4. The van der Waals surface area contributed by atoms with Crippen molar-refractivity contribution in [3.63, 3.8) is 0 Å². The number of unbranched alkanes of at least 4 members (excludes halogenated alkanes) is 1. The van der Waals surface area contributed by atoms with Gasteiger partial charge in [-0.05, 0) is 33.6 Å². The summed E-state index contributed by atoms with van der Waals surface area (Å²) in [5.74, 6) is 0.183. The fourth-order valence-corrected chi connectivity index (χ4v) is 1.46. The van der Waals surface area contributed by atoms with Crippen LogP contribution in [0.3, 0.4) is 0 Å². The number of carbonyl (C=O) groups is 1. The van der Waals surface area contributed by atoms with Crippen molar-refractivity contribution < 1.29 is 19.3 Å². The largest absolute Gasteiger partial charge is 0.435 e. The van der Waals surface area contributed by atoms with Gasteiger partial charge in [0.1, 0.15) is 0 Å². The van der Waals surface area contributed by atoms with Crippen molar-refractivity contribution in [2.75, 3.05) is 0 Å². The second-order valence-electron chi connectivity index (χ2n) is 5.20. The van der Waals surface area contributed by atoms with E-state index in [4.69, 9.17) is 14.5 Å². The number of hydrogen-bond donors (Lipinski definition) is 0. The number of ether oxygens (including phenoxy) is 1. The highest BCUT2D eigenvalue weighted by Crippen LogP contribution is 2.22. The molecule has 0 radical (unpaired) electrons. The maximum Gasteiger partial charge on any atom is 0.295 e. The lowest BCUT2D eigenvalue weighted by atomic mass is 9.99. The Balaban J connectivity index is 4.29. The average Bonchev–Trinajstić information content (AvgIpc) is 2.25. The molecular weight excluding hydrogens is 220 g/mol. The van der Waals surface area contributed by atoms with E-state index in [0.29, 0.717) is 6.47 Å². The Labute approximate surface area is 105 Å². The molecule has 0 saturated carbocycles. The minimum atomic E-state index is -0.608. The van der Waals surface area contributed by atoms with Crippen LogP contribution in [-0.4, -0.2) is 18.4 Å². The molecule has 102 valence electrons. The Morgan fingerprint density at radius 2 is 1.88 bits per heavy atom. The van der Waals surface area contributed by atoms with Crippen molar-refractivity contribution in [2.24, 2.45) is 5.92 Å². The maximum absolute atomic E-state index is 10.5. The summed E-state index contributed by atoms with van der Waals surface area (Å²) in [6.45, 7) is 10.3. The summed E-state index contributed by atoms with van der Waals surface area (Å²) in [7, 11) is 0. The highest BCUT2D eigenvalue weighted by atomic mass is 17.2. The first-order valence-electron chi connectivity index (χ1n) is 6.38. The van der Waals surface area contributed by atoms with Gasteiger partial charge >= 0.3 is 0 Å². The molecule has 0 aromatic rings. The molecule has 0 bridgehead atoms. The molecule has 0 spiro atoms. The fourth-order valence-electron chi connectivity index (χ4n) is 1.46. The number of carbonyl (C=O) groups excluding carboxylic acids is 1. The van der Waals surface area contributed by atoms with Crippen molar-refractivity contribution in [2.45, 2.75) is 72.2 Å². The first-order valence-corrected chi connectivity index (χ1v) is 6.38. The first-order chi connectivity index (χ1) is 7.94. The van der Waals surface area contributed by atoms with Crippen LogP contribution in [0, 0.1) is 5.92 Å². The standard InChI is InChI=1S/C13H26O4/c1-6-8-9-11(7-2)12(15-10-14)16-17-13(3,4)5/h10-12H,6-9H2,1-5H3. The second-order valence-corrected chi connectivity index (χ2v) is 5.20. The van der Waals surface area contributed by atoms with Gasteiger partial charge < -0.3 is 4.74 Å². The molecule has 2 unspecified atom stereocenters. The molecule has 0 heterocycles. The van der Waals surface area contributed by atoms with E-state index < -0.39 is 11.9 Å². The Kier molecular flexibility index (Phi) is 8.17. The normalized spacial score (nSPS) is 15.4. The van der Waals surface area contributed by atoms with Gasteiger partial charge in [-0.1, -0.05) is 26.7 Å². The molecule has 0 N–H and O–H groups in total. The molecule has 0 aliphatic heterocycles. The topological polar surface area (TPSA) is 44.8 Å². The highest BCUT2D eigenvalue weighted by Gasteiger charge is 2.25. The van der Waals surface area contributed by atoms with Crippen LogP contribution in [-0.2, 0) is 19.3 Å². The smallest absolute Gasteiger partial charge is 0.295 e. The molecule has 0 aliphatic rings. The predicted octanol–water partition coefficient (Wildman–Crippen LogP) is 3.45. The lowest BCUT2D eigenvalue weighted by Crippen LogP contribution is -2.31. The van der Waals surface area contributed by atoms with E-state index >= 15 is 0 Å². The van der Waals surface area contributed by atoms with Gasteiger partial charge in [-0.25, -0.2) is 4.89 Å². The van der Waals surface area contributed by atoms with E-state index in [9.17, 15) is 4.79 Å². The van der Waals surface area contributed by atoms with E-state index in [1.807, 2.05) is 20.8 Å². The van der Waals surface area contributed by atoms with Crippen LogP contribution in [0.1, 0.15) is 60.3 Å². The Bertz CT molecular complexity index is 198. The molecule has 0 aromatic heterocycles. The van der Waals surface area contributed by atoms with Crippen LogP contribution in [0.2, 0.25) is 0 Å². The van der Waals surface area contributed by atoms with Crippen LogP contribution in [0.25, 0.3) is 0 Å². The van der Waals surface area contributed by atoms with Crippen molar-refractivity contribution in [1.29, 1.82) is 0 Å². The highest BCUT2D eigenvalue weighted by molar-refractivity contribution is 5.37. The van der Waals surface area contributed by atoms with Crippen molar-refractivity contribution in [3.8, 4) is 0 Å². The zero-order chi connectivity index (χ0) is 13.3. The molecule has 0 saturated heterocycles. The van der Waals surface area contributed by atoms with Gasteiger partial charge in [-0.15, -0.1) is 0 Å². The Morgan fingerprint density at radius 3 is 2.29 bits per heavy atom. The average molecular weight is 246 g/mol. The maximum atomic E-state index is 10.5. The van der Waals surface area contributed by atoms with E-state index in [1.54, 1.807) is 0 Å². The van der Waals surface area contributed by atoms with Crippen molar-refractivity contribution in [3.05, 3.63) is 0 Å².